The summed E-state index contributed by atoms with van der Waals surface area (Å²) in [6, 6.07) is 0. The van der Waals surface area contributed by atoms with E-state index in [0.717, 1.165) is 5.92 Å². The Morgan fingerprint density at radius 3 is 2.15 bits per heavy atom. The first-order valence-corrected chi connectivity index (χ1v) is 9.29. The van der Waals surface area contributed by atoms with Crippen molar-refractivity contribution in [3.63, 3.8) is 0 Å². The number of unbranched alkanes of at least 4 members (excludes halogenated alkanes) is 6. The minimum absolute atomic E-state index is 0.937. The van der Waals surface area contributed by atoms with Crippen molar-refractivity contribution in [2.75, 3.05) is 32.7 Å². The fourth-order valence-corrected chi connectivity index (χ4v) is 3.19. The van der Waals surface area contributed by atoms with Crippen molar-refractivity contribution in [2.45, 2.75) is 78.1 Å². The molecular formula is C18H38N2. The van der Waals surface area contributed by atoms with E-state index in [2.05, 4.69) is 24.1 Å². The third-order valence-corrected chi connectivity index (χ3v) is 4.64. The van der Waals surface area contributed by atoms with Crippen molar-refractivity contribution in [2.24, 2.45) is 5.92 Å². The van der Waals surface area contributed by atoms with Gasteiger partial charge in [-0.05, 0) is 64.3 Å². The van der Waals surface area contributed by atoms with Crippen LogP contribution in [0.25, 0.3) is 0 Å². The first-order chi connectivity index (χ1) is 9.86. The van der Waals surface area contributed by atoms with Crippen LogP contribution >= 0.6 is 0 Å². The molecule has 1 aliphatic heterocycles. The van der Waals surface area contributed by atoms with Crippen LogP contribution in [-0.4, -0.2) is 37.6 Å². The lowest BCUT2D eigenvalue weighted by Gasteiger charge is -2.32. The summed E-state index contributed by atoms with van der Waals surface area (Å²) in [4.78, 5) is 2.70. The van der Waals surface area contributed by atoms with Gasteiger partial charge in [-0.1, -0.05) is 52.4 Å². The third kappa shape index (κ3) is 8.97. The molecule has 1 heterocycles. The van der Waals surface area contributed by atoms with Gasteiger partial charge < -0.3 is 10.2 Å². The highest BCUT2D eigenvalue weighted by Gasteiger charge is 2.17. The molecule has 0 radical (unpaired) electrons. The third-order valence-electron chi connectivity index (χ3n) is 4.64. The van der Waals surface area contributed by atoms with Crippen LogP contribution in [0.1, 0.15) is 78.1 Å². The zero-order valence-electron chi connectivity index (χ0n) is 14.1. The van der Waals surface area contributed by atoms with Crippen LogP contribution in [0.3, 0.4) is 0 Å². The van der Waals surface area contributed by atoms with Gasteiger partial charge in [0.25, 0.3) is 0 Å². The lowest BCUT2D eigenvalue weighted by atomic mass is 9.96. The van der Waals surface area contributed by atoms with E-state index in [0.29, 0.717) is 0 Å². The van der Waals surface area contributed by atoms with Gasteiger partial charge in [0, 0.05) is 0 Å². The molecule has 2 nitrogen and oxygen atoms in total. The summed E-state index contributed by atoms with van der Waals surface area (Å²) in [5.41, 5.74) is 0. The van der Waals surface area contributed by atoms with Crippen molar-refractivity contribution >= 4 is 0 Å². The van der Waals surface area contributed by atoms with Gasteiger partial charge >= 0.3 is 0 Å². The summed E-state index contributed by atoms with van der Waals surface area (Å²) < 4.78 is 0. The first-order valence-electron chi connectivity index (χ1n) is 9.29. The van der Waals surface area contributed by atoms with Gasteiger partial charge in [-0.3, -0.25) is 0 Å². The predicted molar refractivity (Wildman–Crippen MR) is 90.3 cm³/mol. The van der Waals surface area contributed by atoms with Crippen LogP contribution in [0.15, 0.2) is 0 Å². The largest absolute Gasteiger partial charge is 0.316 e. The molecule has 0 spiro atoms. The van der Waals surface area contributed by atoms with E-state index in [-0.39, 0.29) is 0 Å². The molecule has 0 amide bonds. The molecule has 2 heteroatoms. The molecule has 1 saturated heterocycles. The van der Waals surface area contributed by atoms with Gasteiger partial charge in [0.2, 0.25) is 0 Å². The van der Waals surface area contributed by atoms with Gasteiger partial charge in [-0.15, -0.1) is 0 Å². The smallest absolute Gasteiger partial charge is 0.00156 e. The summed E-state index contributed by atoms with van der Waals surface area (Å²) >= 11 is 0. The zero-order chi connectivity index (χ0) is 14.5. The number of rotatable bonds is 12. The molecule has 0 aromatic heterocycles. The summed E-state index contributed by atoms with van der Waals surface area (Å²) in [5, 5.41) is 3.58. The Bertz CT molecular complexity index is 198. The fourth-order valence-electron chi connectivity index (χ4n) is 3.19. The molecule has 0 aromatic carbocycles. The second kappa shape index (κ2) is 12.6. The second-order valence-electron chi connectivity index (χ2n) is 6.61. The number of piperidine rings is 1. The SMILES string of the molecule is CCCCCCCCCN1CCC(CNCCC)CC1. The molecule has 0 unspecified atom stereocenters. The molecule has 0 aliphatic carbocycles. The monoisotopic (exact) mass is 282 g/mol. The van der Waals surface area contributed by atoms with Gasteiger partial charge in [-0.25, -0.2) is 0 Å². The van der Waals surface area contributed by atoms with E-state index in [1.165, 1.54) is 96.9 Å². The van der Waals surface area contributed by atoms with Crippen LogP contribution in [0.5, 0.6) is 0 Å². The standard InChI is InChI=1S/C18H38N2/c1-3-5-6-7-8-9-10-14-20-15-11-18(12-16-20)17-19-13-4-2/h18-19H,3-17H2,1-2H3. The van der Waals surface area contributed by atoms with Crippen molar-refractivity contribution in [1.82, 2.24) is 10.2 Å². The molecule has 1 rings (SSSR count). The predicted octanol–water partition coefficient (Wildman–Crippen LogP) is 4.45. The Kier molecular flexibility index (Phi) is 11.4. The average Bonchev–Trinajstić information content (AvgIpc) is 2.48. The molecule has 0 atom stereocenters. The van der Waals surface area contributed by atoms with Crippen LogP contribution in [0.2, 0.25) is 0 Å². The number of likely N-dealkylation sites (tertiary alicyclic amines) is 1. The number of hydrogen-bond acceptors (Lipinski definition) is 2. The highest BCUT2D eigenvalue weighted by Crippen LogP contribution is 2.17. The maximum absolute atomic E-state index is 3.58. The highest BCUT2D eigenvalue weighted by atomic mass is 15.1. The molecule has 1 fully saturated rings. The molecule has 20 heavy (non-hydrogen) atoms. The summed E-state index contributed by atoms with van der Waals surface area (Å²) in [5.74, 6) is 0.937. The van der Waals surface area contributed by atoms with E-state index >= 15 is 0 Å². The lowest BCUT2D eigenvalue weighted by molar-refractivity contribution is 0.179. The Morgan fingerprint density at radius 1 is 0.850 bits per heavy atom. The number of hydrogen-bond donors (Lipinski definition) is 1. The maximum atomic E-state index is 3.58. The topological polar surface area (TPSA) is 15.3 Å². The van der Waals surface area contributed by atoms with E-state index in [9.17, 15) is 0 Å². The minimum atomic E-state index is 0.937. The molecule has 0 bridgehead atoms. The number of nitrogens with one attached hydrogen (secondary N) is 1. The van der Waals surface area contributed by atoms with Crippen molar-refractivity contribution < 1.29 is 0 Å². The summed E-state index contributed by atoms with van der Waals surface area (Å²) in [6.45, 7) is 11.0. The van der Waals surface area contributed by atoms with Crippen molar-refractivity contribution in [3.8, 4) is 0 Å². The van der Waals surface area contributed by atoms with E-state index in [1.54, 1.807) is 0 Å². The van der Waals surface area contributed by atoms with E-state index in [1.807, 2.05) is 0 Å². The zero-order valence-corrected chi connectivity index (χ0v) is 14.1. The number of nitrogens with zero attached hydrogens (tertiary/aromatic N) is 1. The van der Waals surface area contributed by atoms with Crippen molar-refractivity contribution in [1.29, 1.82) is 0 Å². The molecule has 0 saturated carbocycles. The van der Waals surface area contributed by atoms with Crippen LogP contribution in [0, 0.1) is 5.92 Å². The highest BCUT2D eigenvalue weighted by molar-refractivity contribution is 4.73. The van der Waals surface area contributed by atoms with Gasteiger partial charge in [-0.2, -0.15) is 0 Å². The van der Waals surface area contributed by atoms with Crippen LogP contribution in [0.4, 0.5) is 0 Å². The molecular weight excluding hydrogens is 244 g/mol. The molecule has 1 N–H and O–H groups in total. The fraction of sp³-hybridized carbons (Fsp3) is 1.00. The van der Waals surface area contributed by atoms with Gasteiger partial charge in [0.15, 0.2) is 0 Å². The quantitative estimate of drug-likeness (QED) is 0.532. The summed E-state index contributed by atoms with van der Waals surface area (Å²) in [6.07, 6.45) is 14.1. The molecule has 1 aliphatic rings. The Hall–Kier alpha value is -0.0800. The summed E-state index contributed by atoms with van der Waals surface area (Å²) in [7, 11) is 0. The molecule has 0 aromatic rings. The lowest BCUT2D eigenvalue weighted by Crippen LogP contribution is -2.37. The average molecular weight is 283 g/mol. The van der Waals surface area contributed by atoms with E-state index in [4.69, 9.17) is 0 Å². The Balaban J connectivity index is 1.89. The Labute approximate surface area is 127 Å². The van der Waals surface area contributed by atoms with Gasteiger partial charge in [0.1, 0.15) is 0 Å². The minimum Gasteiger partial charge on any atom is -0.316 e. The Morgan fingerprint density at radius 2 is 1.50 bits per heavy atom. The van der Waals surface area contributed by atoms with Crippen molar-refractivity contribution in [3.05, 3.63) is 0 Å². The molecule has 120 valence electrons. The van der Waals surface area contributed by atoms with E-state index < -0.39 is 0 Å². The van der Waals surface area contributed by atoms with Crippen LogP contribution in [-0.2, 0) is 0 Å². The second-order valence-corrected chi connectivity index (χ2v) is 6.61. The van der Waals surface area contributed by atoms with Crippen LogP contribution < -0.4 is 5.32 Å². The maximum Gasteiger partial charge on any atom is -0.00156 e. The van der Waals surface area contributed by atoms with Gasteiger partial charge in [0.05, 0.1) is 0 Å². The normalized spacial score (nSPS) is 17.7. The first kappa shape index (κ1) is 18.0.